The third kappa shape index (κ3) is 3.77. The second-order valence-corrected chi connectivity index (χ2v) is 10.7. The van der Waals surface area contributed by atoms with Crippen molar-refractivity contribution in [2.75, 3.05) is 0 Å². The third-order valence-electron chi connectivity index (χ3n) is 9.78. The largest absolute Gasteiger partial charge is 0.481 e. The second kappa shape index (κ2) is 8.66. The van der Waals surface area contributed by atoms with E-state index in [4.69, 9.17) is 5.11 Å². The zero-order valence-corrected chi connectivity index (χ0v) is 18.8. The number of hydrogen-bond acceptors (Lipinski definition) is 2. The summed E-state index contributed by atoms with van der Waals surface area (Å²) in [6.07, 6.45) is 13.6. The smallest absolute Gasteiger partial charge is 0.303 e. The van der Waals surface area contributed by atoms with Gasteiger partial charge >= 0.3 is 5.97 Å². The minimum Gasteiger partial charge on any atom is -0.481 e. The highest BCUT2D eigenvalue weighted by molar-refractivity contribution is 5.66. The van der Waals surface area contributed by atoms with E-state index < -0.39 is 5.97 Å². The van der Waals surface area contributed by atoms with Crippen LogP contribution in [0.2, 0.25) is 0 Å². The molecule has 28 heavy (non-hydrogen) atoms. The van der Waals surface area contributed by atoms with Gasteiger partial charge < -0.3 is 10.2 Å². The minimum absolute atomic E-state index is 0.0522. The summed E-state index contributed by atoms with van der Waals surface area (Å²) in [7, 11) is 0. The molecule has 162 valence electrons. The van der Waals surface area contributed by atoms with E-state index in [0.717, 1.165) is 55.3 Å². The quantitative estimate of drug-likeness (QED) is 0.591. The lowest BCUT2D eigenvalue weighted by molar-refractivity contribution is -0.137. The molecule has 0 radical (unpaired) electrons. The van der Waals surface area contributed by atoms with Gasteiger partial charge in [-0.15, -0.1) is 0 Å². The van der Waals surface area contributed by atoms with E-state index in [0.29, 0.717) is 17.3 Å². The lowest BCUT2D eigenvalue weighted by Gasteiger charge is -2.61. The molecule has 0 heterocycles. The first-order chi connectivity index (χ1) is 13.3. The number of aliphatic carboxylic acids is 1. The first-order valence-corrected chi connectivity index (χ1v) is 12.2. The van der Waals surface area contributed by atoms with Crippen LogP contribution in [0.5, 0.6) is 0 Å². The fraction of sp³-hybridized carbons (Fsp3) is 0.960. The summed E-state index contributed by atoms with van der Waals surface area (Å²) in [4.78, 5) is 10.9. The summed E-state index contributed by atoms with van der Waals surface area (Å²) in [5, 5.41) is 19.1. The Balaban J connectivity index is 0.00000109. The molecule has 2 N–H and O–H groups in total. The highest BCUT2D eigenvalue weighted by atomic mass is 16.4. The molecule has 0 saturated heterocycles. The van der Waals surface area contributed by atoms with E-state index in [9.17, 15) is 9.90 Å². The molecule has 0 aromatic carbocycles. The van der Waals surface area contributed by atoms with Crippen LogP contribution in [-0.4, -0.2) is 22.3 Å². The summed E-state index contributed by atoms with van der Waals surface area (Å²) < 4.78 is 0. The van der Waals surface area contributed by atoms with Crippen LogP contribution in [0, 0.1) is 40.4 Å². The molecule has 4 fully saturated rings. The SMILES string of the molecule is CC.CC12CCC3C(CCC4C[C@H](O)CCC43C)C1CCC2CCCC(=O)O. The van der Waals surface area contributed by atoms with Crippen molar-refractivity contribution in [3.63, 3.8) is 0 Å². The van der Waals surface area contributed by atoms with Crippen molar-refractivity contribution in [2.24, 2.45) is 40.4 Å². The first-order valence-electron chi connectivity index (χ1n) is 12.2. The molecule has 4 aliphatic rings. The van der Waals surface area contributed by atoms with Crippen molar-refractivity contribution < 1.29 is 15.0 Å². The zero-order valence-electron chi connectivity index (χ0n) is 18.8. The Morgan fingerprint density at radius 2 is 1.61 bits per heavy atom. The molecule has 0 aromatic rings. The number of carboxylic acid groups (broad SMARTS) is 1. The number of aliphatic hydroxyl groups excluding tert-OH is 1. The van der Waals surface area contributed by atoms with Crippen molar-refractivity contribution >= 4 is 5.97 Å². The van der Waals surface area contributed by atoms with Crippen LogP contribution in [0.1, 0.15) is 105 Å². The molecule has 4 rings (SSSR count). The normalized spacial score (nSPS) is 47.2. The Kier molecular flexibility index (Phi) is 6.84. The average Bonchev–Trinajstić information content (AvgIpc) is 3.00. The molecule has 8 atom stereocenters. The Morgan fingerprint density at radius 3 is 2.32 bits per heavy atom. The van der Waals surface area contributed by atoms with Gasteiger partial charge in [0.15, 0.2) is 0 Å². The number of rotatable bonds is 4. The Hall–Kier alpha value is -0.570. The van der Waals surface area contributed by atoms with E-state index in [1.54, 1.807) is 0 Å². The van der Waals surface area contributed by atoms with Crippen molar-refractivity contribution in [3.05, 3.63) is 0 Å². The molecular formula is C25H44O3. The number of hydrogen-bond donors (Lipinski definition) is 2. The van der Waals surface area contributed by atoms with Crippen molar-refractivity contribution in [3.8, 4) is 0 Å². The maximum atomic E-state index is 10.9. The van der Waals surface area contributed by atoms with Gasteiger partial charge in [-0.3, -0.25) is 4.79 Å². The zero-order chi connectivity index (χ0) is 20.5. The van der Waals surface area contributed by atoms with Crippen molar-refractivity contribution in [1.82, 2.24) is 0 Å². The van der Waals surface area contributed by atoms with E-state index in [2.05, 4.69) is 13.8 Å². The molecule has 0 aliphatic heterocycles. The standard InChI is InChI=1S/C23H38O3.C2H6/c1-22-13-11-20-18(8-6-16-14-17(24)10-12-23(16,20)2)19(22)9-7-15(22)4-3-5-21(25)26;1-2/h15-20,24H,3-14H2,1-2H3,(H,25,26);1-2H3/t15?,16?,17-,18?,19?,20?,22?,23?;/m1./s1. The maximum absolute atomic E-state index is 10.9. The molecule has 0 amide bonds. The summed E-state index contributed by atoms with van der Waals surface area (Å²) in [6, 6.07) is 0. The molecule has 4 aliphatic carbocycles. The predicted molar refractivity (Wildman–Crippen MR) is 114 cm³/mol. The molecule has 0 spiro atoms. The molecule has 4 saturated carbocycles. The molecule has 0 aromatic heterocycles. The van der Waals surface area contributed by atoms with Gasteiger partial charge in [-0.1, -0.05) is 27.7 Å². The molecule has 7 unspecified atom stereocenters. The molecule has 3 nitrogen and oxygen atoms in total. The third-order valence-corrected chi connectivity index (χ3v) is 9.78. The van der Waals surface area contributed by atoms with Crippen molar-refractivity contribution in [1.29, 1.82) is 0 Å². The van der Waals surface area contributed by atoms with Gasteiger partial charge in [-0.25, -0.2) is 0 Å². The van der Waals surface area contributed by atoms with Crippen LogP contribution < -0.4 is 0 Å². The summed E-state index contributed by atoms with van der Waals surface area (Å²) >= 11 is 0. The minimum atomic E-state index is -0.640. The Bertz CT molecular complexity index is 546. The first kappa shape index (κ1) is 22.1. The average molecular weight is 393 g/mol. The van der Waals surface area contributed by atoms with Crippen LogP contribution in [0.3, 0.4) is 0 Å². The fourth-order valence-electron chi connectivity index (χ4n) is 8.32. The Labute approximate surface area is 172 Å². The van der Waals surface area contributed by atoms with Gasteiger partial charge in [0.2, 0.25) is 0 Å². The van der Waals surface area contributed by atoms with Gasteiger partial charge in [0.25, 0.3) is 0 Å². The second-order valence-electron chi connectivity index (χ2n) is 10.7. The van der Waals surface area contributed by atoms with Gasteiger partial charge in [-0.2, -0.15) is 0 Å². The predicted octanol–water partition coefficient (Wildman–Crippen LogP) is 6.29. The van der Waals surface area contributed by atoms with E-state index in [1.165, 1.54) is 44.9 Å². The lowest BCUT2D eigenvalue weighted by atomic mass is 9.44. The lowest BCUT2D eigenvalue weighted by Crippen LogP contribution is -2.53. The van der Waals surface area contributed by atoms with Gasteiger partial charge in [0, 0.05) is 6.42 Å². The summed E-state index contributed by atoms with van der Waals surface area (Å²) in [6.45, 7) is 9.10. The van der Waals surface area contributed by atoms with E-state index in [-0.39, 0.29) is 6.10 Å². The van der Waals surface area contributed by atoms with Crippen LogP contribution in [0.15, 0.2) is 0 Å². The molecule has 3 heteroatoms. The Morgan fingerprint density at radius 1 is 0.929 bits per heavy atom. The number of fused-ring (bicyclic) bond motifs is 5. The number of carbonyl (C=O) groups is 1. The summed E-state index contributed by atoms with van der Waals surface area (Å²) in [5.74, 6) is 3.45. The summed E-state index contributed by atoms with van der Waals surface area (Å²) in [5.41, 5.74) is 0.919. The molecular weight excluding hydrogens is 348 g/mol. The fourth-order valence-corrected chi connectivity index (χ4v) is 8.32. The highest BCUT2D eigenvalue weighted by Gasteiger charge is 2.59. The van der Waals surface area contributed by atoms with Gasteiger partial charge in [-0.05, 0) is 111 Å². The van der Waals surface area contributed by atoms with E-state index >= 15 is 0 Å². The number of carboxylic acids is 1. The van der Waals surface area contributed by atoms with Crippen LogP contribution >= 0.6 is 0 Å². The maximum Gasteiger partial charge on any atom is 0.303 e. The van der Waals surface area contributed by atoms with Crippen molar-refractivity contribution in [2.45, 2.75) is 111 Å². The monoisotopic (exact) mass is 392 g/mol. The highest BCUT2D eigenvalue weighted by Crippen LogP contribution is 2.67. The van der Waals surface area contributed by atoms with Gasteiger partial charge in [0.05, 0.1) is 6.10 Å². The topological polar surface area (TPSA) is 57.5 Å². The van der Waals surface area contributed by atoms with Crippen LogP contribution in [-0.2, 0) is 4.79 Å². The molecule has 0 bridgehead atoms. The van der Waals surface area contributed by atoms with E-state index in [1.807, 2.05) is 13.8 Å². The van der Waals surface area contributed by atoms with Crippen LogP contribution in [0.25, 0.3) is 0 Å². The van der Waals surface area contributed by atoms with Crippen LogP contribution in [0.4, 0.5) is 0 Å². The van der Waals surface area contributed by atoms with Gasteiger partial charge in [0.1, 0.15) is 0 Å². The number of aliphatic hydroxyl groups is 1.